The summed E-state index contributed by atoms with van der Waals surface area (Å²) in [6.45, 7) is 2.68. The number of anilines is 1. The van der Waals surface area contributed by atoms with E-state index in [-0.39, 0.29) is 11.8 Å². The Labute approximate surface area is 216 Å². The molecule has 0 saturated heterocycles. The molecule has 3 aromatic carbocycles. The van der Waals surface area contributed by atoms with Gasteiger partial charge in [0.2, 0.25) is 5.91 Å². The molecule has 1 aliphatic rings. The number of fused-ring (bicyclic) bond motifs is 2. The van der Waals surface area contributed by atoms with Crippen LogP contribution in [0.15, 0.2) is 72.9 Å². The van der Waals surface area contributed by atoms with Crippen LogP contribution in [-0.2, 0) is 16.6 Å². The summed E-state index contributed by atoms with van der Waals surface area (Å²) in [7, 11) is 5.18. The lowest BCUT2D eigenvalue weighted by Gasteiger charge is -2.41. The second kappa shape index (κ2) is 10.1. The molecular formula is C30H31N3O4. The Balaban J connectivity index is 1.70. The van der Waals surface area contributed by atoms with Gasteiger partial charge in [0.1, 0.15) is 5.75 Å². The lowest BCUT2D eigenvalue weighted by Crippen LogP contribution is -2.47. The van der Waals surface area contributed by atoms with Crippen molar-refractivity contribution in [1.29, 1.82) is 0 Å². The highest BCUT2D eigenvalue weighted by atomic mass is 16.5. The van der Waals surface area contributed by atoms with E-state index in [0.29, 0.717) is 35.7 Å². The molecule has 2 amide bonds. The summed E-state index contributed by atoms with van der Waals surface area (Å²) in [6.07, 6.45) is 2.03. The van der Waals surface area contributed by atoms with E-state index in [9.17, 15) is 9.59 Å². The number of aromatic nitrogens is 1. The quantitative estimate of drug-likeness (QED) is 0.387. The van der Waals surface area contributed by atoms with E-state index in [1.165, 1.54) is 0 Å². The van der Waals surface area contributed by atoms with Crippen molar-refractivity contribution in [1.82, 2.24) is 9.47 Å². The minimum atomic E-state index is -0.651. The number of carbonyl (C=O) groups excluding carboxylic acids is 2. The molecule has 2 heterocycles. The zero-order valence-electron chi connectivity index (χ0n) is 21.5. The topological polar surface area (TPSA) is 72.8 Å². The summed E-state index contributed by atoms with van der Waals surface area (Å²) < 4.78 is 12.9. The van der Waals surface area contributed by atoms with E-state index in [4.69, 9.17) is 9.47 Å². The number of nitrogens with zero attached hydrogens (tertiary/aromatic N) is 2. The molecule has 1 aromatic heterocycles. The molecule has 7 nitrogen and oxygen atoms in total. The lowest BCUT2D eigenvalue weighted by atomic mass is 9.79. The Morgan fingerprint density at radius 3 is 2.54 bits per heavy atom. The van der Waals surface area contributed by atoms with E-state index >= 15 is 0 Å². The van der Waals surface area contributed by atoms with Crippen LogP contribution in [0, 0.1) is 6.92 Å². The molecule has 37 heavy (non-hydrogen) atoms. The number of amides is 2. The first-order valence-electron chi connectivity index (χ1n) is 12.3. The van der Waals surface area contributed by atoms with Crippen LogP contribution in [0.3, 0.4) is 0 Å². The minimum Gasteiger partial charge on any atom is -0.495 e. The van der Waals surface area contributed by atoms with Gasteiger partial charge in [-0.05, 0) is 42.3 Å². The normalized spacial score (nSPS) is 17.1. The predicted octanol–water partition coefficient (Wildman–Crippen LogP) is 5.06. The second-order valence-corrected chi connectivity index (χ2v) is 9.41. The number of aryl methyl sites for hydroxylation is 2. The molecule has 0 aliphatic carbocycles. The first-order chi connectivity index (χ1) is 17.9. The van der Waals surface area contributed by atoms with E-state index < -0.39 is 12.0 Å². The minimum absolute atomic E-state index is 0.109. The van der Waals surface area contributed by atoms with Gasteiger partial charge in [0.25, 0.3) is 5.91 Å². The number of hydrogen-bond donors (Lipinski definition) is 1. The average Bonchev–Trinajstić information content (AvgIpc) is 3.24. The molecule has 2 atom stereocenters. The standard InChI is InChI=1S/C30H31N3O4/c1-19-13-14-26(37-4)24(17-19)31-29(34)27-21-10-5-6-11-22(21)30(35)33(15-16-36-3)28(27)23-18-32(2)25-12-8-7-9-20(23)25/h5-14,17-18,27-28H,15-16H2,1-4H3,(H,31,34)/t27-,28+/m1/s1. The first-order valence-corrected chi connectivity index (χ1v) is 12.3. The molecule has 190 valence electrons. The molecule has 0 bridgehead atoms. The van der Waals surface area contributed by atoms with Gasteiger partial charge in [0.05, 0.1) is 31.4 Å². The van der Waals surface area contributed by atoms with Gasteiger partial charge >= 0.3 is 0 Å². The van der Waals surface area contributed by atoms with E-state index in [0.717, 1.165) is 22.0 Å². The summed E-state index contributed by atoms with van der Waals surface area (Å²) >= 11 is 0. The van der Waals surface area contributed by atoms with Gasteiger partial charge in [0, 0.05) is 48.9 Å². The van der Waals surface area contributed by atoms with Gasteiger partial charge in [-0.2, -0.15) is 0 Å². The van der Waals surface area contributed by atoms with Gasteiger partial charge in [0.15, 0.2) is 0 Å². The highest BCUT2D eigenvalue weighted by Crippen LogP contribution is 2.45. The molecule has 0 saturated carbocycles. The molecule has 0 unspecified atom stereocenters. The van der Waals surface area contributed by atoms with Crippen LogP contribution in [0.1, 0.15) is 39.0 Å². The zero-order valence-corrected chi connectivity index (χ0v) is 21.5. The second-order valence-electron chi connectivity index (χ2n) is 9.41. The maximum Gasteiger partial charge on any atom is 0.254 e. The predicted molar refractivity (Wildman–Crippen MR) is 144 cm³/mol. The zero-order chi connectivity index (χ0) is 26.1. The molecule has 0 spiro atoms. The Kier molecular flexibility index (Phi) is 6.72. The van der Waals surface area contributed by atoms with Gasteiger partial charge in [-0.3, -0.25) is 9.59 Å². The first kappa shape index (κ1) is 24.6. The Bertz CT molecular complexity index is 1470. The number of hydrogen-bond acceptors (Lipinski definition) is 4. The number of nitrogens with one attached hydrogen (secondary N) is 1. The molecule has 0 fully saturated rings. The Morgan fingerprint density at radius 1 is 1.00 bits per heavy atom. The lowest BCUT2D eigenvalue weighted by molar-refractivity contribution is -0.119. The van der Waals surface area contributed by atoms with Crippen molar-refractivity contribution < 1.29 is 19.1 Å². The Morgan fingerprint density at radius 2 is 1.76 bits per heavy atom. The summed E-state index contributed by atoms with van der Waals surface area (Å²) in [5, 5.41) is 4.13. The third kappa shape index (κ3) is 4.36. The van der Waals surface area contributed by atoms with Crippen LogP contribution < -0.4 is 10.1 Å². The van der Waals surface area contributed by atoms with E-state index in [1.54, 1.807) is 25.2 Å². The van der Waals surface area contributed by atoms with Crippen LogP contribution >= 0.6 is 0 Å². The van der Waals surface area contributed by atoms with Crippen LogP contribution in [-0.4, -0.2) is 48.7 Å². The molecule has 5 rings (SSSR count). The average molecular weight is 498 g/mol. The maximum atomic E-state index is 14.2. The van der Waals surface area contributed by atoms with Gasteiger partial charge in [-0.15, -0.1) is 0 Å². The number of ether oxygens (including phenoxy) is 2. The summed E-state index contributed by atoms with van der Waals surface area (Å²) in [5.74, 6) is -0.383. The number of carbonyl (C=O) groups is 2. The molecule has 4 aromatic rings. The van der Waals surface area contributed by atoms with Gasteiger partial charge in [-0.25, -0.2) is 0 Å². The highest BCUT2D eigenvalue weighted by Gasteiger charge is 2.45. The van der Waals surface area contributed by atoms with Crippen LogP contribution in [0.2, 0.25) is 0 Å². The van der Waals surface area contributed by atoms with Crippen molar-refractivity contribution in [3.8, 4) is 5.75 Å². The van der Waals surface area contributed by atoms with Gasteiger partial charge < -0.3 is 24.3 Å². The van der Waals surface area contributed by atoms with Crippen molar-refractivity contribution in [2.45, 2.75) is 18.9 Å². The van der Waals surface area contributed by atoms with Crippen molar-refractivity contribution in [2.75, 3.05) is 32.7 Å². The molecule has 1 aliphatic heterocycles. The smallest absolute Gasteiger partial charge is 0.254 e. The van der Waals surface area contributed by atoms with Crippen molar-refractivity contribution in [3.63, 3.8) is 0 Å². The summed E-state index contributed by atoms with van der Waals surface area (Å²) in [6, 6.07) is 20.6. The molecule has 7 heteroatoms. The highest BCUT2D eigenvalue weighted by molar-refractivity contribution is 6.05. The van der Waals surface area contributed by atoms with Crippen LogP contribution in [0.5, 0.6) is 5.75 Å². The number of para-hydroxylation sites is 1. The summed E-state index contributed by atoms with van der Waals surface area (Å²) in [5.41, 5.74) is 4.81. The number of benzene rings is 3. The fraction of sp³-hybridized carbons (Fsp3) is 0.267. The molecule has 0 radical (unpaired) electrons. The fourth-order valence-electron chi connectivity index (χ4n) is 5.40. The third-order valence-electron chi connectivity index (χ3n) is 7.12. The fourth-order valence-corrected chi connectivity index (χ4v) is 5.40. The number of methoxy groups -OCH3 is 2. The van der Waals surface area contributed by atoms with E-state index in [1.807, 2.05) is 85.4 Å². The molecular weight excluding hydrogens is 466 g/mol. The number of rotatable bonds is 7. The maximum absolute atomic E-state index is 14.2. The Hall–Kier alpha value is -4.10. The monoisotopic (exact) mass is 497 g/mol. The van der Waals surface area contributed by atoms with E-state index in [2.05, 4.69) is 5.32 Å². The van der Waals surface area contributed by atoms with Crippen LogP contribution in [0.25, 0.3) is 10.9 Å². The molecule has 1 N–H and O–H groups in total. The largest absolute Gasteiger partial charge is 0.495 e. The van der Waals surface area contributed by atoms with Crippen molar-refractivity contribution >= 4 is 28.4 Å². The van der Waals surface area contributed by atoms with Crippen molar-refractivity contribution in [3.05, 3.63) is 95.2 Å². The van der Waals surface area contributed by atoms with Gasteiger partial charge in [-0.1, -0.05) is 42.5 Å². The van der Waals surface area contributed by atoms with Crippen molar-refractivity contribution in [2.24, 2.45) is 7.05 Å². The van der Waals surface area contributed by atoms with Crippen LogP contribution in [0.4, 0.5) is 5.69 Å². The summed E-state index contributed by atoms with van der Waals surface area (Å²) in [4.78, 5) is 29.8. The third-order valence-corrected chi connectivity index (χ3v) is 7.12. The SMILES string of the molecule is COCCN1C(=O)c2ccccc2[C@@H](C(=O)Nc2cc(C)ccc2OC)[C@@H]1c1cn(C)c2ccccc12.